The fourth-order valence-electron chi connectivity index (χ4n) is 2.97. The monoisotopic (exact) mass is 354 g/mol. The minimum atomic E-state index is -0.237. The van der Waals surface area contributed by atoms with Crippen LogP contribution in [0.1, 0.15) is 12.8 Å². The Morgan fingerprint density at radius 2 is 1.85 bits per heavy atom. The summed E-state index contributed by atoms with van der Waals surface area (Å²) in [6, 6.07) is 16.5. The maximum absolute atomic E-state index is 12.6. The van der Waals surface area contributed by atoms with Crippen LogP contribution in [0.15, 0.2) is 54.6 Å². The highest BCUT2D eigenvalue weighted by atomic mass is 16.5. The number of benzene rings is 2. The molecule has 0 saturated carbocycles. The number of nitrogens with one attached hydrogen (secondary N) is 1. The molecule has 3 rings (SSSR count). The number of hydrogen-bond donors (Lipinski definition) is 1. The number of carbonyl (C=O) groups is 2. The summed E-state index contributed by atoms with van der Waals surface area (Å²) in [5.74, 6) is 1.19. The van der Waals surface area contributed by atoms with Crippen LogP contribution in [0, 0.1) is 5.92 Å². The third kappa shape index (κ3) is 4.53. The molecule has 1 atom stereocenters. The van der Waals surface area contributed by atoms with Crippen molar-refractivity contribution >= 4 is 17.7 Å². The van der Waals surface area contributed by atoms with Crippen LogP contribution in [0.4, 0.5) is 10.5 Å². The molecule has 2 amide bonds. The summed E-state index contributed by atoms with van der Waals surface area (Å²) in [7, 11) is 1.38. The zero-order chi connectivity index (χ0) is 18.4. The average Bonchev–Trinajstić information content (AvgIpc) is 3.12. The van der Waals surface area contributed by atoms with Crippen molar-refractivity contribution < 1.29 is 19.1 Å². The van der Waals surface area contributed by atoms with Crippen LogP contribution < -0.4 is 10.1 Å². The van der Waals surface area contributed by atoms with Gasteiger partial charge in [0.05, 0.1) is 19.2 Å². The molecule has 1 aliphatic rings. The predicted octanol–water partition coefficient (Wildman–Crippen LogP) is 3.90. The van der Waals surface area contributed by atoms with E-state index in [-0.39, 0.29) is 17.9 Å². The molecule has 1 fully saturated rings. The number of esters is 1. The molecule has 0 radical (unpaired) electrons. The lowest BCUT2D eigenvalue weighted by molar-refractivity contribution is -0.141. The molecular weight excluding hydrogens is 332 g/mol. The molecule has 6 heteroatoms. The van der Waals surface area contributed by atoms with E-state index in [0.29, 0.717) is 36.7 Å². The quantitative estimate of drug-likeness (QED) is 0.827. The second kappa shape index (κ2) is 8.38. The van der Waals surface area contributed by atoms with Crippen LogP contribution in [0.5, 0.6) is 11.5 Å². The molecule has 1 heterocycles. The number of para-hydroxylation sites is 3. The van der Waals surface area contributed by atoms with Gasteiger partial charge in [0.15, 0.2) is 5.75 Å². The highest BCUT2D eigenvalue weighted by Crippen LogP contribution is 2.30. The van der Waals surface area contributed by atoms with Gasteiger partial charge in [0.25, 0.3) is 0 Å². The van der Waals surface area contributed by atoms with Crippen LogP contribution in [0.3, 0.4) is 0 Å². The van der Waals surface area contributed by atoms with E-state index in [1.54, 1.807) is 11.0 Å². The first-order valence-corrected chi connectivity index (χ1v) is 8.60. The van der Waals surface area contributed by atoms with E-state index in [4.69, 9.17) is 9.47 Å². The van der Waals surface area contributed by atoms with E-state index in [1.807, 2.05) is 48.5 Å². The number of nitrogens with zero attached hydrogens (tertiary/aromatic N) is 1. The van der Waals surface area contributed by atoms with E-state index in [9.17, 15) is 9.59 Å². The van der Waals surface area contributed by atoms with Crippen molar-refractivity contribution in [1.82, 2.24) is 4.90 Å². The lowest BCUT2D eigenvalue weighted by Crippen LogP contribution is -2.33. The van der Waals surface area contributed by atoms with Gasteiger partial charge in [-0.15, -0.1) is 0 Å². The maximum atomic E-state index is 12.6. The Kier molecular flexibility index (Phi) is 5.73. The average molecular weight is 354 g/mol. The minimum absolute atomic E-state index is 0.143. The molecule has 2 aromatic carbocycles. The van der Waals surface area contributed by atoms with Crippen LogP contribution in [-0.4, -0.2) is 37.1 Å². The molecule has 0 spiro atoms. The number of hydrogen-bond acceptors (Lipinski definition) is 4. The first kappa shape index (κ1) is 17.8. The van der Waals surface area contributed by atoms with Gasteiger partial charge in [-0.1, -0.05) is 30.3 Å². The summed E-state index contributed by atoms with van der Waals surface area (Å²) in [6.07, 6.45) is 1.14. The zero-order valence-electron chi connectivity index (χ0n) is 14.7. The Balaban J connectivity index is 1.62. The van der Waals surface area contributed by atoms with Gasteiger partial charge in [0.1, 0.15) is 5.75 Å². The van der Waals surface area contributed by atoms with Gasteiger partial charge in [-0.05, 0) is 36.6 Å². The van der Waals surface area contributed by atoms with Crippen molar-refractivity contribution in [3.8, 4) is 11.5 Å². The molecule has 1 N–H and O–H groups in total. The van der Waals surface area contributed by atoms with Gasteiger partial charge < -0.3 is 19.7 Å². The zero-order valence-corrected chi connectivity index (χ0v) is 14.7. The Hall–Kier alpha value is -3.02. The van der Waals surface area contributed by atoms with Gasteiger partial charge in [-0.2, -0.15) is 0 Å². The van der Waals surface area contributed by atoms with E-state index >= 15 is 0 Å². The van der Waals surface area contributed by atoms with Gasteiger partial charge in [-0.25, -0.2) is 4.79 Å². The predicted molar refractivity (Wildman–Crippen MR) is 98.3 cm³/mol. The van der Waals surface area contributed by atoms with Crippen molar-refractivity contribution in [2.45, 2.75) is 12.8 Å². The summed E-state index contributed by atoms with van der Waals surface area (Å²) >= 11 is 0. The van der Waals surface area contributed by atoms with Crippen molar-refractivity contribution in [3.05, 3.63) is 54.6 Å². The molecule has 0 bridgehead atoms. The summed E-state index contributed by atoms with van der Waals surface area (Å²) in [5.41, 5.74) is 0.609. The highest BCUT2D eigenvalue weighted by molar-refractivity contribution is 5.91. The highest BCUT2D eigenvalue weighted by Gasteiger charge is 2.28. The van der Waals surface area contributed by atoms with E-state index < -0.39 is 0 Å². The van der Waals surface area contributed by atoms with E-state index in [1.165, 1.54) is 7.11 Å². The van der Waals surface area contributed by atoms with Crippen molar-refractivity contribution in [2.75, 3.05) is 25.5 Å². The Labute approximate surface area is 152 Å². The fraction of sp³-hybridized carbons (Fsp3) is 0.300. The summed E-state index contributed by atoms with van der Waals surface area (Å²) < 4.78 is 10.6. The fourth-order valence-corrected chi connectivity index (χ4v) is 2.97. The second-order valence-electron chi connectivity index (χ2n) is 6.22. The number of likely N-dealkylation sites (tertiary alicyclic amines) is 1. The van der Waals surface area contributed by atoms with Gasteiger partial charge in [-0.3, -0.25) is 4.79 Å². The number of amides is 2. The molecule has 0 aromatic heterocycles. The van der Waals surface area contributed by atoms with E-state index in [2.05, 4.69) is 5.32 Å². The summed E-state index contributed by atoms with van der Waals surface area (Å²) in [6.45, 7) is 1.16. The number of carbonyl (C=O) groups excluding carboxylic acids is 2. The number of anilines is 1. The molecular formula is C20H22N2O4. The number of rotatable bonds is 5. The van der Waals surface area contributed by atoms with Crippen LogP contribution in [0.25, 0.3) is 0 Å². The van der Waals surface area contributed by atoms with Crippen LogP contribution in [0.2, 0.25) is 0 Å². The smallest absolute Gasteiger partial charge is 0.321 e. The van der Waals surface area contributed by atoms with Crippen molar-refractivity contribution in [2.24, 2.45) is 5.92 Å². The maximum Gasteiger partial charge on any atom is 0.321 e. The number of ether oxygens (including phenoxy) is 2. The minimum Gasteiger partial charge on any atom is -0.469 e. The van der Waals surface area contributed by atoms with Crippen molar-refractivity contribution in [3.63, 3.8) is 0 Å². The lowest BCUT2D eigenvalue weighted by atomic mass is 10.1. The molecule has 1 saturated heterocycles. The molecule has 26 heavy (non-hydrogen) atoms. The third-order valence-electron chi connectivity index (χ3n) is 4.36. The standard InChI is InChI=1S/C20H22N2O4/c1-25-19(23)13-15-11-12-22(14-15)20(24)21-17-9-5-6-10-18(17)26-16-7-3-2-4-8-16/h2-10,15H,11-14H2,1H3,(H,21,24). The Morgan fingerprint density at radius 3 is 2.62 bits per heavy atom. The normalized spacial score (nSPS) is 16.2. The third-order valence-corrected chi connectivity index (χ3v) is 4.36. The number of urea groups is 1. The molecule has 2 aromatic rings. The second-order valence-corrected chi connectivity index (χ2v) is 6.22. The van der Waals surface area contributed by atoms with Gasteiger partial charge >= 0.3 is 12.0 Å². The van der Waals surface area contributed by atoms with Crippen LogP contribution >= 0.6 is 0 Å². The van der Waals surface area contributed by atoms with Gasteiger partial charge in [0, 0.05) is 13.1 Å². The molecule has 0 aliphatic carbocycles. The molecule has 6 nitrogen and oxygen atoms in total. The largest absolute Gasteiger partial charge is 0.469 e. The van der Waals surface area contributed by atoms with E-state index in [0.717, 1.165) is 6.42 Å². The SMILES string of the molecule is COC(=O)CC1CCN(C(=O)Nc2ccccc2Oc2ccccc2)C1. The topological polar surface area (TPSA) is 67.9 Å². The molecule has 1 aliphatic heterocycles. The lowest BCUT2D eigenvalue weighted by Gasteiger charge is -2.19. The summed E-state index contributed by atoms with van der Waals surface area (Å²) in [5, 5.41) is 2.91. The van der Waals surface area contributed by atoms with Gasteiger partial charge in [0.2, 0.25) is 0 Å². The first-order valence-electron chi connectivity index (χ1n) is 8.60. The molecule has 1 unspecified atom stereocenters. The molecule has 136 valence electrons. The Morgan fingerprint density at radius 1 is 1.12 bits per heavy atom. The van der Waals surface area contributed by atoms with Crippen LogP contribution in [-0.2, 0) is 9.53 Å². The summed E-state index contributed by atoms with van der Waals surface area (Å²) in [4.78, 5) is 25.7. The first-order chi connectivity index (χ1) is 12.7. The number of methoxy groups -OCH3 is 1. The van der Waals surface area contributed by atoms with Crippen molar-refractivity contribution in [1.29, 1.82) is 0 Å². The Bertz CT molecular complexity index is 763.